The summed E-state index contributed by atoms with van der Waals surface area (Å²) in [6.07, 6.45) is 0.850. The van der Waals surface area contributed by atoms with Crippen molar-refractivity contribution in [2.75, 3.05) is 11.9 Å². The number of ether oxygens (including phenoxy) is 2. The lowest BCUT2D eigenvalue weighted by atomic mass is 10.1. The first-order chi connectivity index (χ1) is 12.7. The summed E-state index contributed by atoms with van der Waals surface area (Å²) in [6, 6.07) is 12.7. The molecule has 4 rings (SSSR count). The molecule has 0 saturated carbocycles. The predicted molar refractivity (Wildman–Crippen MR) is 93.4 cm³/mol. The number of fused-ring (bicyclic) bond motifs is 1. The van der Waals surface area contributed by atoms with E-state index >= 15 is 0 Å². The zero-order valence-electron chi connectivity index (χ0n) is 14.2. The summed E-state index contributed by atoms with van der Waals surface area (Å²) >= 11 is 0. The van der Waals surface area contributed by atoms with Gasteiger partial charge < -0.3 is 19.3 Å². The second-order valence-electron chi connectivity index (χ2n) is 5.89. The Labute approximate surface area is 149 Å². The monoisotopic (exact) mass is 351 g/mol. The van der Waals surface area contributed by atoms with Crippen LogP contribution in [0.3, 0.4) is 0 Å². The van der Waals surface area contributed by atoms with E-state index in [0.29, 0.717) is 29.6 Å². The van der Waals surface area contributed by atoms with E-state index in [2.05, 4.69) is 15.5 Å². The van der Waals surface area contributed by atoms with Crippen LogP contribution in [0.1, 0.15) is 27.6 Å². The fourth-order valence-electron chi connectivity index (χ4n) is 2.79. The van der Waals surface area contributed by atoms with Gasteiger partial charge in [-0.05, 0) is 35.9 Å². The Morgan fingerprint density at radius 1 is 1.27 bits per heavy atom. The number of amides is 1. The number of aryl methyl sites for hydroxylation is 1. The lowest BCUT2D eigenvalue weighted by molar-refractivity contribution is 0.102. The van der Waals surface area contributed by atoms with Crippen molar-refractivity contribution in [1.82, 2.24) is 10.1 Å². The smallest absolute Gasteiger partial charge is 0.259 e. The van der Waals surface area contributed by atoms with Crippen molar-refractivity contribution in [2.24, 2.45) is 0 Å². The van der Waals surface area contributed by atoms with Crippen LogP contribution in [-0.2, 0) is 13.0 Å². The molecule has 0 fully saturated rings. The summed E-state index contributed by atoms with van der Waals surface area (Å²) < 4.78 is 16.1. The van der Waals surface area contributed by atoms with Gasteiger partial charge in [0, 0.05) is 19.0 Å². The maximum atomic E-state index is 12.7. The fraction of sp³-hybridized carbons (Fsp3) is 0.211. The van der Waals surface area contributed by atoms with E-state index in [4.69, 9.17) is 14.0 Å². The number of carbonyl (C=O) groups excluding carboxylic acids is 1. The molecular weight excluding hydrogens is 334 g/mol. The quantitative estimate of drug-likeness (QED) is 0.760. The van der Waals surface area contributed by atoms with Crippen LogP contribution < -0.4 is 14.8 Å². The number of aromatic nitrogens is 2. The molecule has 1 aliphatic rings. The minimum absolute atomic E-state index is 0.123. The molecule has 0 radical (unpaired) electrons. The van der Waals surface area contributed by atoms with Crippen molar-refractivity contribution in [1.29, 1.82) is 0 Å². The maximum absolute atomic E-state index is 12.7. The summed E-state index contributed by atoms with van der Waals surface area (Å²) in [4.78, 5) is 16.8. The zero-order valence-corrected chi connectivity index (χ0v) is 14.2. The van der Waals surface area contributed by atoms with Gasteiger partial charge in [-0.15, -0.1) is 0 Å². The van der Waals surface area contributed by atoms with Gasteiger partial charge in [-0.25, -0.2) is 0 Å². The molecule has 1 amide bonds. The topological polar surface area (TPSA) is 86.5 Å². The highest BCUT2D eigenvalue weighted by atomic mass is 16.5. The molecule has 3 aromatic rings. The molecule has 0 spiro atoms. The number of carbonyl (C=O) groups is 1. The predicted octanol–water partition coefficient (Wildman–Crippen LogP) is 3.14. The molecule has 1 N–H and O–H groups in total. The Balaban J connectivity index is 1.49. The lowest BCUT2D eigenvalue weighted by Gasteiger charge is -2.11. The van der Waals surface area contributed by atoms with Crippen LogP contribution in [0.4, 0.5) is 5.69 Å². The van der Waals surface area contributed by atoms with E-state index < -0.39 is 0 Å². The third kappa shape index (κ3) is 3.37. The first-order valence-corrected chi connectivity index (χ1v) is 8.27. The van der Waals surface area contributed by atoms with E-state index in [1.54, 1.807) is 31.2 Å². The molecule has 26 heavy (non-hydrogen) atoms. The van der Waals surface area contributed by atoms with Crippen LogP contribution in [0, 0.1) is 6.92 Å². The van der Waals surface area contributed by atoms with Gasteiger partial charge in [0.05, 0.1) is 12.2 Å². The number of anilines is 1. The summed E-state index contributed by atoms with van der Waals surface area (Å²) in [5.41, 5.74) is 2.26. The fourth-order valence-corrected chi connectivity index (χ4v) is 2.79. The number of hydrogen-bond acceptors (Lipinski definition) is 6. The van der Waals surface area contributed by atoms with E-state index in [1.807, 2.05) is 18.2 Å². The normalized spacial score (nSPS) is 12.3. The lowest BCUT2D eigenvalue weighted by Crippen LogP contribution is -2.14. The average molecular weight is 351 g/mol. The van der Waals surface area contributed by atoms with Gasteiger partial charge in [0.15, 0.2) is 6.61 Å². The molecule has 1 aliphatic heterocycles. The van der Waals surface area contributed by atoms with E-state index in [9.17, 15) is 4.79 Å². The second-order valence-corrected chi connectivity index (χ2v) is 5.89. The molecule has 1 aromatic heterocycles. The Morgan fingerprint density at radius 3 is 3.00 bits per heavy atom. The molecule has 7 nitrogen and oxygen atoms in total. The number of nitrogens with one attached hydrogen (secondary N) is 1. The number of hydrogen-bond donors (Lipinski definition) is 1. The van der Waals surface area contributed by atoms with Gasteiger partial charge in [-0.3, -0.25) is 4.79 Å². The Morgan fingerprint density at radius 2 is 2.15 bits per heavy atom. The number of para-hydroxylation sites is 1. The van der Waals surface area contributed by atoms with Gasteiger partial charge in [-0.1, -0.05) is 17.3 Å². The maximum Gasteiger partial charge on any atom is 0.259 e. The number of benzene rings is 2. The summed E-state index contributed by atoms with van der Waals surface area (Å²) in [7, 11) is 0. The number of nitrogens with zero attached hydrogens (tertiary/aromatic N) is 2. The SMILES string of the molecule is Cc1nc(COc2ccccc2C(=O)Nc2ccc3c(c2)CCO3)no1. The first kappa shape index (κ1) is 16.1. The first-order valence-electron chi connectivity index (χ1n) is 8.27. The van der Waals surface area contributed by atoms with Crippen molar-refractivity contribution in [3.05, 3.63) is 65.3 Å². The molecule has 0 aliphatic carbocycles. The molecule has 2 aromatic carbocycles. The largest absolute Gasteiger partial charge is 0.493 e. The van der Waals surface area contributed by atoms with Crippen molar-refractivity contribution >= 4 is 11.6 Å². The highest BCUT2D eigenvalue weighted by Crippen LogP contribution is 2.28. The van der Waals surface area contributed by atoms with Crippen molar-refractivity contribution in [3.63, 3.8) is 0 Å². The van der Waals surface area contributed by atoms with E-state index in [0.717, 1.165) is 23.4 Å². The van der Waals surface area contributed by atoms with E-state index in [1.165, 1.54) is 0 Å². The molecular formula is C19H17N3O4. The van der Waals surface area contributed by atoms with E-state index in [-0.39, 0.29) is 12.5 Å². The Hall–Kier alpha value is -3.35. The molecule has 7 heteroatoms. The standard InChI is InChI=1S/C19H17N3O4/c1-12-20-18(22-26-12)11-25-17-5-3-2-4-15(17)19(23)21-14-6-7-16-13(10-14)8-9-24-16/h2-7,10H,8-9,11H2,1H3,(H,21,23). The summed E-state index contributed by atoms with van der Waals surface area (Å²) in [6.45, 7) is 2.51. The van der Waals surface area contributed by atoms with Gasteiger partial charge in [0.1, 0.15) is 11.5 Å². The number of rotatable bonds is 5. The van der Waals surface area contributed by atoms with Gasteiger partial charge >= 0.3 is 0 Å². The highest BCUT2D eigenvalue weighted by Gasteiger charge is 2.16. The van der Waals surface area contributed by atoms with Crippen LogP contribution in [0.2, 0.25) is 0 Å². The molecule has 0 atom stereocenters. The van der Waals surface area contributed by atoms with Crippen molar-refractivity contribution < 1.29 is 18.8 Å². The molecule has 0 saturated heterocycles. The van der Waals surface area contributed by atoms with Gasteiger partial charge in [0.2, 0.25) is 11.7 Å². The average Bonchev–Trinajstić information content (AvgIpc) is 3.28. The minimum Gasteiger partial charge on any atom is -0.493 e. The summed E-state index contributed by atoms with van der Waals surface area (Å²) in [5, 5.41) is 6.69. The van der Waals surface area contributed by atoms with Crippen LogP contribution in [0.15, 0.2) is 47.0 Å². The molecule has 132 valence electrons. The zero-order chi connectivity index (χ0) is 17.9. The molecule has 2 heterocycles. The van der Waals surface area contributed by atoms with Crippen molar-refractivity contribution in [2.45, 2.75) is 20.0 Å². The highest BCUT2D eigenvalue weighted by molar-refractivity contribution is 6.06. The minimum atomic E-state index is -0.247. The molecule has 0 bridgehead atoms. The second kappa shape index (κ2) is 6.87. The van der Waals surface area contributed by atoms with Gasteiger partial charge in [-0.2, -0.15) is 4.98 Å². The van der Waals surface area contributed by atoms with Crippen LogP contribution >= 0.6 is 0 Å². The third-order valence-electron chi connectivity index (χ3n) is 4.01. The molecule has 0 unspecified atom stereocenters. The third-order valence-corrected chi connectivity index (χ3v) is 4.01. The van der Waals surface area contributed by atoms with Gasteiger partial charge in [0.25, 0.3) is 5.91 Å². The Bertz CT molecular complexity index is 951. The Kier molecular flexibility index (Phi) is 4.27. The summed E-state index contributed by atoms with van der Waals surface area (Å²) in [5.74, 6) is 1.98. The van der Waals surface area contributed by atoms with Crippen LogP contribution in [-0.4, -0.2) is 22.7 Å². The van der Waals surface area contributed by atoms with Crippen LogP contribution in [0.5, 0.6) is 11.5 Å². The van der Waals surface area contributed by atoms with Crippen molar-refractivity contribution in [3.8, 4) is 11.5 Å². The van der Waals surface area contributed by atoms with Crippen LogP contribution in [0.25, 0.3) is 0 Å².